The quantitative estimate of drug-likeness (QED) is 0.195. The SMILES string of the molecule is CN(C(=O)[C@H](Cc1cccc(F)c1)NC(=O)[C@@H](NC(=O)c1cccs1)C(C)(C)C)N(C#N)Cc1cccc(Cl)c1F. The molecule has 2 atom stereocenters. The number of hydrogen-bond donors (Lipinski definition) is 2. The Kier molecular flexibility index (Phi) is 10.4. The second-order valence-corrected chi connectivity index (χ2v) is 11.7. The van der Waals surface area contributed by atoms with Crippen LogP contribution in [0.2, 0.25) is 5.02 Å². The molecule has 41 heavy (non-hydrogen) atoms. The first kappa shape index (κ1) is 31.5. The van der Waals surface area contributed by atoms with Gasteiger partial charge >= 0.3 is 0 Å². The van der Waals surface area contributed by atoms with Gasteiger partial charge in [0.15, 0.2) is 6.19 Å². The van der Waals surface area contributed by atoms with Crippen LogP contribution in [0.15, 0.2) is 60.0 Å². The van der Waals surface area contributed by atoms with Crippen molar-refractivity contribution in [1.82, 2.24) is 20.7 Å². The Balaban J connectivity index is 1.89. The zero-order valence-electron chi connectivity index (χ0n) is 23.0. The van der Waals surface area contributed by atoms with Gasteiger partial charge in [-0.1, -0.05) is 62.7 Å². The normalized spacial score (nSPS) is 12.5. The van der Waals surface area contributed by atoms with Crippen LogP contribution in [0.5, 0.6) is 0 Å². The highest BCUT2D eigenvalue weighted by atomic mass is 35.5. The molecule has 0 aliphatic heterocycles. The lowest BCUT2D eigenvalue weighted by molar-refractivity contribution is -0.146. The fourth-order valence-corrected chi connectivity index (χ4v) is 4.85. The summed E-state index contributed by atoms with van der Waals surface area (Å²) in [6, 6.07) is 10.9. The number of carbonyl (C=O) groups is 3. The highest BCUT2D eigenvalue weighted by molar-refractivity contribution is 7.12. The lowest BCUT2D eigenvalue weighted by Crippen LogP contribution is -2.59. The molecule has 1 heterocycles. The molecule has 12 heteroatoms. The van der Waals surface area contributed by atoms with Crippen molar-refractivity contribution in [2.75, 3.05) is 7.05 Å². The Labute approximate surface area is 246 Å². The Morgan fingerprint density at radius 3 is 2.39 bits per heavy atom. The Morgan fingerprint density at radius 2 is 1.78 bits per heavy atom. The number of nitriles is 1. The first-order valence-corrected chi connectivity index (χ1v) is 13.8. The minimum atomic E-state index is -1.27. The van der Waals surface area contributed by atoms with Gasteiger partial charge in [0.25, 0.3) is 11.8 Å². The number of carbonyl (C=O) groups excluding carboxylic acids is 3. The molecular formula is C29H30ClF2N5O3S. The number of halogens is 3. The summed E-state index contributed by atoms with van der Waals surface area (Å²) in [7, 11) is 1.30. The van der Waals surface area contributed by atoms with Gasteiger partial charge in [0, 0.05) is 19.0 Å². The number of nitrogens with one attached hydrogen (secondary N) is 2. The Bertz CT molecular complexity index is 1440. The lowest BCUT2D eigenvalue weighted by Gasteiger charge is -2.34. The summed E-state index contributed by atoms with van der Waals surface area (Å²) in [4.78, 5) is 40.5. The molecule has 0 saturated carbocycles. The van der Waals surface area contributed by atoms with Gasteiger partial charge in [-0.15, -0.1) is 11.3 Å². The van der Waals surface area contributed by atoms with Gasteiger partial charge in [0.2, 0.25) is 5.91 Å². The largest absolute Gasteiger partial charge is 0.342 e. The highest BCUT2D eigenvalue weighted by Gasteiger charge is 2.36. The molecule has 216 valence electrons. The van der Waals surface area contributed by atoms with Crippen LogP contribution in [0.25, 0.3) is 0 Å². The van der Waals surface area contributed by atoms with E-state index in [4.69, 9.17) is 11.6 Å². The van der Waals surface area contributed by atoms with E-state index in [1.165, 1.54) is 54.8 Å². The van der Waals surface area contributed by atoms with E-state index in [0.717, 1.165) is 10.0 Å². The van der Waals surface area contributed by atoms with Crippen molar-refractivity contribution >= 4 is 40.7 Å². The third kappa shape index (κ3) is 8.25. The average Bonchev–Trinajstić information content (AvgIpc) is 3.46. The van der Waals surface area contributed by atoms with Gasteiger partial charge in [0.05, 0.1) is 16.4 Å². The first-order chi connectivity index (χ1) is 19.3. The number of amides is 3. The highest BCUT2D eigenvalue weighted by Crippen LogP contribution is 2.22. The molecule has 8 nitrogen and oxygen atoms in total. The number of thiophene rings is 1. The van der Waals surface area contributed by atoms with E-state index in [0.29, 0.717) is 10.4 Å². The molecule has 3 rings (SSSR count). The number of hydrogen-bond acceptors (Lipinski definition) is 6. The molecule has 0 saturated heterocycles. The van der Waals surface area contributed by atoms with Crippen LogP contribution in [-0.2, 0) is 22.6 Å². The second kappa shape index (κ2) is 13.6. The zero-order valence-corrected chi connectivity index (χ0v) is 24.5. The molecule has 0 radical (unpaired) electrons. The molecule has 0 unspecified atom stereocenters. The zero-order chi connectivity index (χ0) is 30.3. The predicted molar refractivity (Wildman–Crippen MR) is 152 cm³/mol. The van der Waals surface area contributed by atoms with Gasteiger partial charge in [-0.2, -0.15) is 5.26 Å². The number of rotatable bonds is 10. The molecule has 2 aromatic carbocycles. The fraction of sp³-hybridized carbons (Fsp3) is 0.310. The van der Waals surface area contributed by atoms with Crippen LogP contribution in [-0.4, -0.2) is 46.9 Å². The van der Waals surface area contributed by atoms with E-state index in [2.05, 4.69) is 10.6 Å². The molecule has 3 amide bonds. The van der Waals surface area contributed by atoms with Crippen LogP contribution in [0.1, 0.15) is 41.6 Å². The lowest BCUT2D eigenvalue weighted by atomic mass is 9.85. The first-order valence-electron chi connectivity index (χ1n) is 12.6. The van der Waals surface area contributed by atoms with E-state index in [-0.39, 0.29) is 23.6 Å². The average molecular weight is 602 g/mol. The van der Waals surface area contributed by atoms with Crippen molar-refractivity contribution in [2.24, 2.45) is 5.41 Å². The number of hydrazine groups is 1. The van der Waals surface area contributed by atoms with Crippen molar-refractivity contribution in [3.8, 4) is 6.19 Å². The number of nitrogens with zero attached hydrogens (tertiary/aromatic N) is 3. The molecule has 2 N–H and O–H groups in total. The monoisotopic (exact) mass is 601 g/mol. The topological polar surface area (TPSA) is 106 Å². The summed E-state index contributed by atoms with van der Waals surface area (Å²) in [6.45, 7) is 4.97. The van der Waals surface area contributed by atoms with Crippen molar-refractivity contribution in [1.29, 1.82) is 5.26 Å². The molecule has 0 spiro atoms. The molecule has 0 aliphatic carbocycles. The van der Waals surface area contributed by atoms with Crippen molar-refractivity contribution in [3.63, 3.8) is 0 Å². The Hall–Kier alpha value is -4.01. The van der Waals surface area contributed by atoms with Gasteiger partial charge in [-0.25, -0.2) is 18.8 Å². The molecular weight excluding hydrogens is 572 g/mol. The standard InChI is InChI=1S/C29H30ClF2N5O3S/c1-29(2,3)25(35-26(38)23-12-7-13-41-23)27(39)34-22(15-18-8-5-10-20(31)14-18)28(40)36(4)37(17-33)16-19-9-6-11-21(30)24(19)32/h5-14,22,25H,15-16H2,1-4H3,(H,34,39)(H,35,38)/t22-,25+/m0/s1. The van der Waals surface area contributed by atoms with Crippen LogP contribution in [0.4, 0.5) is 8.78 Å². The summed E-state index contributed by atoms with van der Waals surface area (Å²) in [6.07, 6.45) is 1.73. The van der Waals surface area contributed by atoms with Crippen molar-refractivity contribution < 1.29 is 23.2 Å². The van der Waals surface area contributed by atoms with Gasteiger partial charge < -0.3 is 10.6 Å². The fourth-order valence-electron chi connectivity index (χ4n) is 4.03. The summed E-state index contributed by atoms with van der Waals surface area (Å²) in [5.41, 5.74) is -0.261. The minimum Gasteiger partial charge on any atom is -0.342 e. The molecule has 0 aliphatic rings. The number of benzene rings is 2. The maximum Gasteiger partial charge on any atom is 0.264 e. The Morgan fingerprint density at radius 1 is 1.07 bits per heavy atom. The van der Waals surface area contributed by atoms with E-state index in [1.807, 2.05) is 6.19 Å². The summed E-state index contributed by atoms with van der Waals surface area (Å²) in [5.74, 6) is -3.06. The molecule has 0 fully saturated rings. The van der Waals surface area contributed by atoms with Crippen LogP contribution in [0.3, 0.4) is 0 Å². The summed E-state index contributed by atoms with van der Waals surface area (Å²) in [5, 5.41) is 18.7. The maximum absolute atomic E-state index is 14.5. The maximum atomic E-state index is 14.5. The van der Waals surface area contributed by atoms with E-state index >= 15 is 0 Å². The third-order valence-corrected chi connectivity index (χ3v) is 7.40. The second-order valence-electron chi connectivity index (χ2n) is 10.4. The number of likely N-dealkylation sites (N-methyl/N-ethyl adjacent to an activating group) is 1. The predicted octanol–water partition coefficient (Wildman–Crippen LogP) is 4.91. The molecule has 3 aromatic rings. The van der Waals surface area contributed by atoms with E-state index in [1.54, 1.807) is 44.4 Å². The van der Waals surface area contributed by atoms with Gasteiger partial charge in [-0.05, 0) is 40.6 Å². The van der Waals surface area contributed by atoms with Gasteiger partial charge in [-0.3, -0.25) is 14.4 Å². The van der Waals surface area contributed by atoms with Crippen molar-refractivity contribution in [2.45, 2.75) is 45.8 Å². The van der Waals surface area contributed by atoms with Gasteiger partial charge in [0.1, 0.15) is 23.7 Å². The smallest absolute Gasteiger partial charge is 0.264 e. The summed E-state index contributed by atoms with van der Waals surface area (Å²) < 4.78 is 28.5. The van der Waals surface area contributed by atoms with Crippen LogP contribution >= 0.6 is 22.9 Å². The minimum absolute atomic E-state index is 0.0773. The third-order valence-electron chi connectivity index (χ3n) is 6.24. The van der Waals surface area contributed by atoms with Crippen molar-refractivity contribution in [3.05, 3.63) is 92.6 Å². The summed E-state index contributed by atoms with van der Waals surface area (Å²) >= 11 is 7.08. The van der Waals surface area contributed by atoms with E-state index < -0.39 is 46.9 Å². The van der Waals surface area contributed by atoms with Crippen LogP contribution < -0.4 is 10.6 Å². The van der Waals surface area contributed by atoms with E-state index in [9.17, 15) is 28.4 Å². The molecule has 1 aromatic heterocycles. The molecule has 0 bridgehead atoms. The van der Waals surface area contributed by atoms with Crippen LogP contribution in [0, 0.1) is 28.5 Å².